The highest BCUT2D eigenvalue weighted by atomic mass is 32.2. The van der Waals surface area contributed by atoms with Crippen molar-refractivity contribution in [3.63, 3.8) is 0 Å². The summed E-state index contributed by atoms with van der Waals surface area (Å²) in [6.07, 6.45) is 0. The van der Waals surface area contributed by atoms with Gasteiger partial charge in [0.25, 0.3) is 5.56 Å². The summed E-state index contributed by atoms with van der Waals surface area (Å²) < 4.78 is 28.7. The summed E-state index contributed by atoms with van der Waals surface area (Å²) in [7, 11) is -3.51. The fourth-order valence-electron chi connectivity index (χ4n) is 3.97. The Morgan fingerprint density at radius 3 is 2.18 bits per heavy atom. The van der Waals surface area contributed by atoms with Crippen molar-refractivity contribution in [1.82, 2.24) is 23.8 Å². The second-order valence-electron chi connectivity index (χ2n) is 8.55. The molecule has 0 N–H and O–H groups in total. The Balaban J connectivity index is 1.29. The third kappa shape index (κ3) is 4.54. The van der Waals surface area contributed by atoms with Crippen LogP contribution in [0.5, 0.6) is 0 Å². The zero-order chi connectivity index (χ0) is 23.9. The number of aromatic nitrogens is 3. The summed E-state index contributed by atoms with van der Waals surface area (Å²) in [4.78, 5) is 20.3. The SMILES string of the molecule is Cc1ccc(-c2nn3c(=O)cc(CN4CCN(S(=O)(=O)c5ccc(C)cc5)CC4)nc3s2)cc1. The molecule has 1 aliphatic rings. The van der Waals surface area contributed by atoms with Crippen molar-refractivity contribution in [1.29, 1.82) is 0 Å². The number of nitrogens with zero attached hydrogens (tertiary/aromatic N) is 5. The molecule has 34 heavy (non-hydrogen) atoms. The first-order valence-electron chi connectivity index (χ1n) is 11.1. The maximum absolute atomic E-state index is 12.9. The van der Waals surface area contributed by atoms with Gasteiger partial charge in [-0.15, -0.1) is 0 Å². The number of sulfonamides is 1. The number of benzene rings is 2. The van der Waals surface area contributed by atoms with Gasteiger partial charge in [-0.2, -0.15) is 13.9 Å². The molecule has 0 radical (unpaired) electrons. The van der Waals surface area contributed by atoms with Crippen LogP contribution < -0.4 is 5.56 Å². The van der Waals surface area contributed by atoms with E-state index in [9.17, 15) is 13.2 Å². The number of rotatable bonds is 5. The maximum atomic E-state index is 12.9. The number of hydrogen-bond acceptors (Lipinski definition) is 7. The molecular formula is C24H25N5O3S2. The van der Waals surface area contributed by atoms with Crippen molar-refractivity contribution in [2.45, 2.75) is 25.3 Å². The van der Waals surface area contributed by atoms with E-state index in [0.29, 0.717) is 48.3 Å². The summed E-state index contributed by atoms with van der Waals surface area (Å²) in [5, 5.41) is 5.19. The highest BCUT2D eigenvalue weighted by Crippen LogP contribution is 2.25. The number of aryl methyl sites for hydroxylation is 2. The van der Waals surface area contributed by atoms with E-state index >= 15 is 0 Å². The van der Waals surface area contributed by atoms with Gasteiger partial charge in [0.15, 0.2) is 0 Å². The van der Waals surface area contributed by atoms with Crippen LogP contribution in [0.4, 0.5) is 0 Å². The van der Waals surface area contributed by atoms with Crippen LogP contribution in [-0.4, -0.2) is 58.4 Å². The molecule has 8 nitrogen and oxygen atoms in total. The number of hydrogen-bond donors (Lipinski definition) is 0. The zero-order valence-corrected chi connectivity index (χ0v) is 20.6. The lowest BCUT2D eigenvalue weighted by atomic mass is 10.2. The van der Waals surface area contributed by atoms with E-state index in [1.165, 1.54) is 26.2 Å². The molecule has 0 saturated carbocycles. The minimum atomic E-state index is -3.51. The van der Waals surface area contributed by atoms with Gasteiger partial charge in [-0.1, -0.05) is 58.9 Å². The minimum Gasteiger partial charge on any atom is -0.295 e. The summed E-state index contributed by atoms with van der Waals surface area (Å²) >= 11 is 1.38. The first-order valence-corrected chi connectivity index (χ1v) is 13.3. The number of fused-ring (bicyclic) bond motifs is 1. The molecule has 5 rings (SSSR count). The average Bonchev–Trinajstić information content (AvgIpc) is 3.25. The molecule has 0 atom stereocenters. The number of piperazine rings is 1. The van der Waals surface area contributed by atoms with Crippen molar-refractivity contribution < 1.29 is 8.42 Å². The molecule has 0 aliphatic carbocycles. The van der Waals surface area contributed by atoms with E-state index in [2.05, 4.69) is 15.0 Å². The summed E-state index contributed by atoms with van der Waals surface area (Å²) in [6.45, 7) is 6.39. The van der Waals surface area contributed by atoms with Gasteiger partial charge in [-0.3, -0.25) is 9.69 Å². The molecule has 0 amide bonds. The molecule has 0 bridgehead atoms. The topological polar surface area (TPSA) is 87.9 Å². The molecule has 176 valence electrons. The van der Waals surface area contributed by atoms with Crippen LogP contribution in [0.3, 0.4) is 0 Å². The van der Waals surface area contributed by atoms with E-state index < -0.39 is 10.0 Å². The standard InChI is InChI=1S/C24H25N5O3S2/c1-17-3-7-19(8-4-17)23-26-29-22(30)15-20(25-24(29)33-23)16-27-11-13-28(14-12-27)34(31,32)21-9-5-18(2)6-10-21/h3-10,15H,11-14,16H2,1-2H3. The van der Waals surface area contributed by atoms with Crippen molar-refractivity contribution in [3.8, 4) is 10.6 Å². The van der Waals surface area contributed by atoms with Gasteiger partial charge < -0.3 is 0 Å². The Morgan fingerprint density at radius 2 is 1.53 bits per heavy atom. The zero-order valence-electron chi connectivity index (χ0n) is 19.0. The van der Waals surface area contributed by atoms with Crippen LogP contribution >= 0.6 is 11.3 Å². The van der Waals surface area contributed by atoms with Crippen LogP contribution in [-0.2, 0) is 16.6 Å². The van der Waals surface area contributed by atoms with Crippen LogP contribution in [0.15, 0.2) is 64.3 Å². The first-order chi connectivity index (χ1) is 16.3. The van der Waals surface area contributed by atoms with Crippen LogP contribution in [0.2, 0.25) is 0 Å². The molecule has 0 unspecified atom stereocenters. The van der Waals surface area contributed by atoms with E-state index in [1.54, 1.807) is 12.1 Å². The molecule has 1 aliphatic heterocycles. The fourth-order valence-corrected chi connectivity index (χ4v) is 6.32. The lowest BCUT2D eigenvalue weighted by molar-refractivity contribution is 0.180. The molecular weight excluding hydrogens is 470 g/mol. The van der Waals surface area contributed by atoms with Crippen LogP contribution in [0.1, 0.15) is 16.8 Å². The average molecular weight is 496 g/mol. The molecule has 2 aromatic carbocycles. The third-order valence-electron chi connectivity index (χ3n) is 5.97. The Bertz CT molecular complexity index is 1480. The van der Waals surface area contributed by atoms with Crippen LogP contribution in [0.25, 0.3) is 15.5 Å². The smallest absolute Gasteiger partial charge is 0.275 e. The minimum absolute atomic E-state index is 0.213. The van der Waals surface area contributed by atoms with Crippen molar-refractivity contribution in [3.05, 3.63) is 81.8 Å². The molecule has 1 saturated heterocycles. The van der Waals surface area contributed by atoms with Crippen molar-refractivity contribution >= 4 is 26.3 Å². The highest BCUT2D eigenvalue weighted by Gasteiger charge is 2.28. The molecule has 2 aromatic heterocycles. The predicted octanol–water partition coefficient (Wildman–Crippen LogP) is 2.94. The first kappa shape index (κ1) is 22.9. The lowest BCUT2D eigenvalue weighted by Gasteiger charge is -2.33. The highest BCUT2D eigenvalue weighted by molar-refractivity contribution is 7.89. The van der Waals surface area contributed by atoms with E-state index in [0.717, 1.165) is 21.7 Å². The van der Waals surface area contributed by atoms with E-state index in [1.807, 2.05) is 50.2 Å². The van der Waals surface area contributed by atoms with E-state index in [-0.39, 0.29) is 5.56 Å². The van der Waals surface area contributed by atoms with Crippen molar-refractivity contribution in [2.24, 2.45) is 0 Å². The Hall–Kier alpha value is -2.92. The van der Waals surface area contributed by atoms with Crippen molar-refractivity contribution in [2.75, 3.05) is 26.2 Å². The van der Waals surface area contributed by atoms with Crippen LogP contribution in [0, 0.1) is 13.8 Å². The molecule has 10 heteroatoms. The Morgan fingerprint density at radius 1 is 0.912 bits per heavy atom. The lowest BCUT2D eigenvalue weighted by Crippen LogP contribution is -2.48. The van der Waals surface area contributed by atoms with Gasteiger partial charge in [0, 0.05) is 44.4 Å². The van der Waals surface area contributed by atoms with Gasteiger partial charge >= 0.3 is 0 Å². The fraction of sp³-hybridized carbons (Fsp3) is 0.292. The summed E-state index contributed by atoms with van der Waals surface area (Å²) in [6, 6.07) is 16.5. The summed E-state index contributed by atoms with van der Waals surface area (Å²) in [5.74, 6) is 0. The molecule has 1 fully saturated rings. The van der Waals surface area contributed by atoms with Gasteiger partial charge in [0.05, 0.1) is 10.6 Å². The normalized spacial score (nSPS) is 15.7. The molecule has 4 aromatic rings. The van der Waals surface area contributed by atoms with Gasteiger partial charge in [0.2, 0.25) is 15.0 Å². The Labute approximate surface area is 202 Å². The monoisotopic (exact) mass is 495 g/mol. The van der Waals surface area contributed by atoms with E-state index in [4.69, 9.17) is 0 Å². The van der Waals surface area contributed by atoms with Gasteiger partial charge in [-0.05, 0) is 26.0 Å². The summed E-state index contributed by atoms with van der Waals surface area (Å²) in [5.41, 5.74) is 3.59. The Kier molecular flexibility index (Phi) is 6.07. The largest absolute Gasteiger partial charge is 0.295 e. The molecule has 0 spiro atoms. The second-order valence-corrected chi connectivity index (χ2v) is 11.4. The quantitative estimate of drug-likeness (QED) is 0.423. The second kappa shape index (κ2) is 9.03. The van der Waals surface area contributed by atoms with Gasteiger partial charge in [-0.25, -0.2) is 13.4 Å². The third-order valence-corrected chi connectivity index (χ3v) is 8.84. The molecule has 3 heterocycles. The van der Waals surface area contributed by atoms with Gasteiger partial charge in [0.1, 0.15) is 5.01 Å². The maximum Gasteiger partial charge on any atom is 0.275 e. The predicted molar refractivity (Wildman–Crippen MR) is 133 cm³/mol.